The van der Waals surface area contributed by atoms with Gasteiger partial charge in [-0.25, -0.2) is 4.79 Å². The standard InChI is InChI=1S/C17H23N3O5/c1-11-5-4-6-12(2)19(11)16(21)10-25-17(22)14-9-13(20(23)24)7-8-15(14)18-3/h7-9,11-12,18H,4-6,10H2,1-3H3/t11-,12+. The maximum Gasteiger partial charge on any atom is 0.341 e. The van der Waals surface area contributed by atoms with Crippen molar-refractivity contribution in [2.45, 2.75) is 45.2 Å². The molecule has 0 bridgehead atoms. The number of nitrogens with one attached hydrogen (secondary N) is 1. The number of piperidine rings is 1. The zero-order valence-corrected chi connectivity index (χ0v) is 14.7. The van der Waals surface area contributed by atoms with E-state index in [4.69, 9.17) is 4.74 Å². The molecule has 1 saturated heterocycles. The van der Waals surface area contributed by atoms with E-state index in [-0.39, 0.29) is 35.8 Å². The van der Waals surface area contributed by atoms with Crippen molar-refractivity contribution < 1.29 is 19.2 Å². The molecule has 1 N–H and O–H groups in total. The van der Waals surface area contributed by atoms with Crippen LogP contribution in [0.15, 0.2) is 18.2 Å². The predicted molar refractivity (Wildman–Crippen MR) is 92.5 cm³/mol. The van der Waals surface area contributed by atoms with Crippen molar-refractivity contribution >= 4 is 23.3 Å². The fourth-order valence-corrected chi connectivity index (χ4v) is 3.23. The number of amides is 1. The van der Waals surface area contributed by atoms with Gasteiger partial charge in [0.1, 0.15) is 0 Å². The normalized spacial score (nSPS) is 20.0. The molecule has 0 aliphatic carbocycles. The summed E-state index contributed by atoms with van der Waals surface area (Å²) < 4.78 is 5.12. The van der Waals surface area contributed by atoms with Gasteiger partial charge < -0.3 is 15.0 Å². The number of carbonyl (C=O) groups excluding carboxylic acids is 2. The predicted octanol–water partition coefficient (Wildman–Crippen LogP) is 2.58. The second-order valence-corrected chi connectivity index (χ2v) is 6.24. The highest BCUT2D eigenvalue weighted by Gasteiger charge is 2.29. The largest absolute Gasteiger partial charge is 0.452 e. The van der Waals surface area contributed by atoms with E-state index in [0.717, 1.165) is 25.3 Å². The van der Waals surface area contributed by atoms with E-state index in [1.165, 1.54) is 12.1 Å². The molecule has 25 heavy (non-hydrogen) atoms. The minimum Gasteiger partial charge on any atom is -0.452 e. The molecule has 136 valence electrons. The summed E-state index contributed by atoms with van der Waals surface area (Å²) in [5, 5.41) is 13.7. The van der Waals surface area contributed by atoms with Crippen LogP contribution in [0.4, 0.5) is 11.4 Å². The number of esters is 1. The lowest BCUT2D eigenvalue weighted by atomic mass is 9.97. The summed E-state index contributed by atoms with van der Waals surface area (Å²) in [5.41, 5.74) is 0.225. The van der Waals surface area contributed by atoms with Gasteiger partial charge in [-0.1, -0.05) is 0 Å². The van der Waals surface area contributed by atoms with Gasteiger partial charge in [-0.15, -0.1) is 0 Å². The summed E-state index contributed by atoms with van der Waals surface area (Å²) in [6.07, 6.45) is 2.93. The van der Waals surface area contributed by atoms with Crippen LogP contribution in [0.25, 0.3) is 0 Å². The number of hydrogen-bond donors (Lipinski definition) is 1. The summed E-state index contributed by atoms with van der Waals surface area (Å²) >= 11 is 0. The van der Waals surface area contributed by atoms with Crippen LogP contribution in [0.2, 0.25) is 0 Å². The van der Waals surface area contributed by atoms with Crippen LogP contribution >= 0.6 is 0 Å². The third-order valence-corrected chi connectivity index (χ3v) is 4.51. The SMILES string of the molecule is CNc1ccc([N+](=O)[O-])cc1C(=O)OCC(=O)N1[C@H](C)CCC[C@@H]1C. The molecule has 0 radical (unpaired) electrons. The van der Waals surface area contributed by atoms with Crippen molar-refractivity contribution in [1.82, 2.24) is 4.90 Å². The number of rotatable bonds is 5. The van der Waals surface area contributed by atoms with E-state index in [0.29, 0.717) is 5.69 Å². The monoisotopic (exact) mass is 349 g/mol. The molecule has 2 atom stereocenters. The van der Waals surface area contributed by atoms with Crippen molar-refractivity contribution in [3.05, 3.63) is 33.9 Å². The number of nitro benzene ring substituents is 1. The van der Waals surface area contributed by atoms with Crippen LogP contribution < -0.4 is 5.32 Å². The Hall–Kier alpha value is -2.64. The minimum absolute atomic E-state index is 0.0317. The molecule has 1 heterocycles. The summed E-state index contributed by atoms with van der Waals surface area (Å²) in [6.45, 7) is 3.59. The molecule has 1 aliphatic rings. The van der Waals surface area contributed by atoms with Crippen molar-refractivity contribution in [1.29, 1.82) is 0 Å². The van der Waals surface area contributed by atoms with Crippen molar-refractivity contribution in [2.24, 2.45) is 0 Å². The Morgan fingerprint density at radius 1 is 1.32 bits per heavy atom. The number of hydrogen-bond acceptors (Lipinski definition) is 6. The Balaban J connectivity index is 2.08. The van der Waals surface area contributed by atoms with Crippen LogP contribution in [0.3, 0.4) is 0 Å². The average molecular weight is 349 g/mol. The van der Waals surface area contributed by atoms with Crippen molar-refractivity contribution in [2.75, 3.05) is 19.0 Å². The first-order valence-corrected chi connectivity index (χ1v) is 8.29. The van der Waals surface area contributed by atoms with E-state index in [2.05, 4.69) is 5.32 Å². The Morgan fingerprint density at radius 3 is 2.52 bits per heavy atom. The molecule has 1 fully saturated rings. The maximum atomic E-state index is 12.4. The number of benzene rings is 1. The average Bonchev–Trinajstić information content (AvgIpc) is 2.58. The highest BCUT2D eigenvalue weighted by Crippen LogP contribution is 2.24. The number of nitro groups is 1. The molecular formula is C17H23N3O5. The van der Waals surface area contributed by atoms with E-state index in [1.54, 1.807) is 11.9 Å². The molecule has 0 unspecified atom stereocenters. The van der Waals surface area contributed by atoms with Gasteiger partial charge in [-0.05, 0) is 39.2 Å². The highest BCUT2D eigenvalue weighted by molar-refractivity contribution is 5.97. The maximum absolute atomic E-state index is 12.4. The van der Waals surface area contributed by atoms with Crippen LogP contribution in [0, 0.1) is 10.1 Å². The van der Waals surface area contributed by atoms with Crippen molar-refractivity contribution in [3.63, 3.8) is 0 Å². The molecule has 1 aromatic carbocycles. The van der Waals surface area contributed by atoms with Gasteiger partial charge in [0, 0.05) is 37.0 Å². The summed E-state index contributed by atoms with van der Waals surface area (Å²) in [7, 11) is 1.60. The first-order valence-electron chi connectivity index (χ1n) is 8.29. The van der Waals surface area contributed by atoms with Gasteiger partial charge in [-0.2, -0.15) is 0 Å². The molecule has 1 amide bonds. The quantitative estimate of drug-likeness (QED) is 0.498. The smallest absolute Gasteiger partial charge is 0.341 e. The molecule has 8 heteroatoms. The van der Waals surface area contributed by atoms with Gasteiger partial charge >= 0.3 is 5.97 Å². The molecule has 0 saturated carbocycles. The van der Waals surface area contributed by atoms with Gasteiger partial charge in [0.05, 0.1) is 10.5 Å². The number of anilines is 1. The Labute approximate surface area is 146 Å². The number of likely N-dealkylation sites (tertiary alicyclic amines) is 1. The van der Waals surface area contributed by atoms with Gasteiger partial charge in [-0.3, -0.25) is 14.9 Å². The second kappa shape index (κ2) is 7.96. The number of non-ortho nitro benzene ring substituents is 1. The summed E-state index contributed by atoms with van der Waals surface area (Å²) in [4.78, 5) is 36.8. The highest BCUT2D eigenvalue weighted by atomic mass is 16.6. The number of nitrogens with zero attached hydrogens (tertiary/aromatic N) is 2. The Bertz CT molecular complexity index is 666. The summed E-state index contributed by atoms with van der Waals surface area (Å²) in [5.74, 6) is -1.01. The fraction of sp³-hybridized carbons (Fsp3) is 0.529. The van der Waals surface area contributed by atoms with Crippen LogP contribution in [-0.4, -0.2) is 47.4 Å². The lowest BCUT2D eigenvalue weighted by Gasteiger charge is -2.38. The summed E-state index contributed by atoms with van der Waals surface area (Å²) in [6, 6.07) is 4.10. The fourth-order valence-electron chi connectivity index (χ4n) is 3.23. The molecule has 1 aliphatic heterocycles. The molecular weight excluding hydrogens is 326 g/mol. The third-order valence-electron chi connectivity index (χ3n) is 4.51. The lowest BCUT2D eigenvalue weighted by Crippen LogP contribution is -2.49. The van der Waals surface area contributed by atoms with Crippen LogP contribution in [0.5, 0.6) is 0 Å². The zero-order valence-electron chi connectivity index (χ0n) is 14.7. The van der Waals surface area contributed by atoms with Crippen molar-refractivity contribution in [3.8, 4) is 0 Å². The number of ether oxygens (including phenoxy) is 1. The van der Waals surface area contributed by atoms with E-state index in [1.807, 2.05) is 13.8 Å². The molecule has 8 nitrogen and oxygen atoms in total. The van der Waals surface area contributed by atoms with E-state index in [9.17, 15) is 19.7 Å². The Kier molecular flexibility index (Phi) is 5.95. The minimum atomic E-state index is -0.765. The Morgan fingerprint density at radius 2 is 1.96 bits per heavy atom. The van der Waals surface area contributed by atoms with Gasteiger partial charge in [0.2, 0.25) is 0 Å². The second-order valence-electron chi connectivity index (χ2n) is 6.24. The molecule has 1 aromatic rings. The van der Waals surface area contributed by atoms with E-state index >= 15 is 0 Å². The molecule has 2 rings (SSSR count). The lowest BCUT2D eigenvalue weighted by molar-refractivity contribution is -0.384. The number of carbonyl (C=O) groups is 2. The molecule has 0 aromatic heterocycles. The van der Waals surface area contributed by atoms with E-state index < -0.39 is 10.9 Å². The van der Waals surface area contributed by atoms with Crippen LogP contribution in [0.1, 0.15) is 43.5 Å². The third kappa shape index (κ3) is 4.26. The zero-order chi connectivity index (χ0) is 18.6. The van der Waals surface area contributed by atoms with Gasteiger partial charge in [0.25, 0.3) is 11.6 Å². The topological polar surface area (TPSA) is 102 Å². The van der Waals surface area contributed by atoms with Gasteiger partial charge in [0.15, 0.2) is 6.61 Å². The molecule has 0 spiro atoms. The first kappa shape index (κ1) is 18.7. The van der Waals surface area contributed by atoms with Crippen LogP contribution in [-0.2, 0) is 9.53 Å². The first-order chi connectivity index (χ1) is 11.8.